The third-order valence-corrected chi connectivity index (χ3v) is 3.82. The molecule has 0 atom stereocenters. The van der Waals surface area contributed by atoms with Gasteiger partial charge in [-0.05, 0) is 24.6 Å². The number of aromatic nitrogens is 3. The lowest BCUT2D eigenvalue weighted by atomic mass is 10.1. The fraction of sp³-hybridized carbons (Fsp3) is 0.250. The Morgan fingerprint density at radius 1 is 1.29 bits per heavy atom. The number of ether oxygens (including phenoxy) is 1. The van der Waals surface area contributed by atoms with E-state index < -0.39 is 0 Å². The summed E-state index contributed by atoms with van der Waals surface area (Å²) in [6, 6.07) is 6.35. The van der Waals surface area contributed by atoms with Crippen molar-refractivity contribution in [2.24, 2.45) is 0 Å². The lowest BCUT2D eigenvalue weighted by molar-refractivity contribution is 0.306. The molecular formula is C16H16N4O. The molecule has 0 fully saturated rings. The first-order valence-electron chi connectivity index (χ1n) is 7.05. The number of imidazole rings is 1. The second kappa shape index (κ2) is 4.77. The number of nitrogens with zero attached hydrogens (tertiary/aromatic N) is 4. The fourth-order valence-corrected chi connectivity index (χ4v) is 2.76. The van der Waals surface area contributed by atoms with E-state index in [9.17, 15) is 0 Å². The minimum absolute atomic E-state index is 0.717. The SMILES string of the molecule is Cc1ccc2c(c1)OCCN2Cc1cnc2cnccn12. The normalized spacial score (nSPS) is 14.0. The summed E-state index contributed by atoms with van der Waals surface area (Å²) in [6.45, 7) is 4.49. The van der Waals surface area contributed by atoms with Gasteiger partial charge >= 0.3 is 0 Å². The maximum atomic E-state index is 5.77. The molecule has 5 nitrogen and oxygen atoms in total. The van der Waals surface area contributed by atoms with Crippen LogP contribution in [-0.4, -0.2) is 27.5 Å². The molecular weight excluding hydrogens is 264 g/mol. The summed E-state index contributed by atoms with van der Waals surface area (Å²) in [5.74, 6) is 0.969. The van der Waals surface area contributed by atoms with E-state index in [1.54, 1.807) is 12.4 Å². The first-order valence-corrected chi connectivity index (χ1v) is 7.05. The van der Waals surface area contributed by atoms with Gasteiger partial charge in [0.05, 0.1) is 36.9 Å². The lowest BCUT2D eigenvalue weighted by Gasteiger charge is -2.31. The van der Waals surface area contributed by atoms with Crippen LogP contribution in [0.15, 0.2) is 43.0 Å². The van der Waals surface area contributed by atoms with Gasteiger partial charge in [-0.25, -0.2) is 4.98 Å². The Bertz CT molecular complexity index is 796. The summed E-state index contributed by atoms with van der Waals surface area (Å²) in [7, 11) is 0. The second-order valence-corrected chi connectivity index (χ2v) is 5.30. The molecule has 3 heterocycles. The Kier molecular flexibility index (Phi) is 2.77. The predicted octanol–water partition coefficient (Wildman–Crippen LogP) is 2.44. The molecule has 3 aromatic rings. The van der Waals surface area contributed by atoms with Crippen molar-refractivity contribution in [1.29, 1.82) is 0 Å². The Morgan fingerprint density at radius 3 is 3.19 bits per heavy atom. The van der Waals surface area contributed by atoms with Crippen molar-refractivity contribution in [2.45, 2.75) is 13.5 Å². The maximum Gasteiger partial charge on any atom is 0.155 e. The Hall–Kier alpha value is -2.56. The molecule has 21 heavy (non-hydrogen) atoms. The molecule has 1 aromatic carbocycles. The van der Waals surface area contributed by atoms with Crippen LogP contribution in [-0.2, 0) is 6.54 Å². The van der Waals surface area contributed by atoms with E-state index in [0.29, 0.717) is 0 Å². The summed E-state index contributed by atoms with van der Waals surface area (Å²) < 4.78 is 7.85. The van der Waals surface area contributed by atoms with Crippen molar-refractivity contribution < 1.29 is 4.74 Å². The molecule has 2 aromatic heterocycles. The minimum Gasteiger partial charge on any atom is -0.490 e. The van der Waals surface area contributed by atoms with Gasteiger partial charge < -0.3 is 9.64 Å². The quantitative estimate of drug-likeness (QED) is 0.723. The molecule has 0 saturated carbocycles. The van der Waals surface area contributed by atoms with Crippen LogP contribution < -0.4 is 9.64 Å². The highest BCUT2D eigenvalue weighted by Gasteiger charge is 2.19. The smallest absolute Gasteiger partial charge is 0.155 e. The van der Waals surface area contributed by atoms with E-state index in [0.717, 1.165) is 42.5 Å². The van der Waals surface area contributed by atoms with E-state index in [1.807, 2.05) is 12.4 Å². The van der Waals surface area contributed by atoms with Crippen LogP contribution in [0.3, 0.4) is 0 Å². The first-order chi connectivity index (χ1) is 10.3. The monoisotopic (exact) mass is 280 g/mol. The Labute approximate surface area is 122 Å². The molecule has 0 amide bonds. The van der Waals surface area contributed by atoms with Crippen molar-refractivity contribution in [2.75, 3.05) is 18.1 Å². The van der Waals surface area contributed by atoms with Crippen LogP contribution in [0.25, 0.3) is 5.65 Å². The third kappa shape index (κ3) is 2.11. The van der Waals surface area contributed by atoms with Gasteiger partial charge in [0.25, 0.3) is 0 Å². The average molecular weight is 280 g/mol. The van der Waals surface area contributed by atoms with Gasteiger partial charge in [0, 0.05) is 12.4 Å². The van der Waals surface area contributed by atoms with E-state index in [1.165, 1.54) is 5.56 Å². The topological polar surface area (TPSA) is 42.7 Å². The zero-order valence-electron chi connectivity index (χ0n) is 11.9. The van der Waals surface area contributed by atoms with Crippen LogP contribution >= 0.6 is 0 Å². The van der Waals surface area contributed by atoms with Crippen LogP contribution in [0.4, 0.5) is 5.69 Å². The van der Waals surface area contributed by atoms with Gasteiger partial charge in [-0.2, -0.15) is 0 Å². The molecule has 0 unspecified atom stereocenters. The minimum atomic E-state index is 0.717. The van der Waals surface area contributed by atoms with Crippen molar-refractivity contribution in [3.8, 4) is 5.75 Å². The van der Waals surface area contributed by atoms with Crippen LogP contribution in [0.1, 0.15) is 11.3 Å². The third-order valence-electron chi connectivity index (χ3n) is 3.82. The Balaban J connectivity index is 1.70. The van der Waals surface area contributed by atoms with E-state index >= 15 is 0 Å². The van der Waals surface area contributed by atoms with Gasteiger partial charge in [0.15, 0.2) is 5.65 Å². The number of anilines is 1. The standard InChI is InChI=1S/C16H16N4O/c1-12-2-3-14-15(8-12)21-7-6-19(14)11-13-9-18-16-10-17-4-5-20(13)16/h2-5,8-10H,6-7,11H2,1H3. The maximum absolute atomic E-state index is 5.77. The van der Waals surface area contributed by atoms with Gasteiger partial charge in [0.1, 0.15) is 12.4 Å². The van der Waals surface area contributed by atoms with Crippen molar-refractivity contribution in [1.82, 2.24) is 14.4 Å². The highest BCUT2D eigenvalue weighted by molar-refractivity contribution is 5.61. The summed E-state index contributed by atoms with van der Waals surface area (Å²) >= 11 is 0. The number of benzene rings is 1. The van der Waals surface area contributed by atoms with Gasteiger partial charge in [-0.1, -0.05) is 6.07 Å². The molecule has 0 spiro atoms. The molecule has 1 aliphatic heterocycles. The zero-order valence-corrected chi connectivity index (χ0v) is 11.9. The van der Waals surface area contributed by atoms with E-state index in [2.05, 4.69) is 44.4 Å². The average Bonchev–Trinajstić information content (AvgIpc) is 2.91. The van der Waals surface area contributed by atoms with Crippen LogP contribution in [0.2, 0.25) is 0 Å². The Morgan fingerprint density at radius 2 is 2.24 bits per heavy atom. The lowest BCUT2D eigenvalue weighted by Crippen LogP contribution is -2.32. The van der Waals surface area contributed by atoms with Crippen molar-refractivity contribution >= 4 is 11.3 Å². The van der Waals surface area contributed by atoms with Crippen LogP contribution in [0.5, 0.6) is 5.75 Å². The molecule has 1 aliphatic rings. The number of rotatable bonds is 2. The van der Waals surface area contributed by atoms with Gasteiger partial charge in [-0.3, -0.25) is 9.38 Å². The van der Waals surface area contributed by atoms with Crippen molar-refractivity contribution in [3.63, 3.8) is 0 Å². The molecule has 0 aliphatic carbocycles. The van der Waals surface area contributed by atoms with Gasteiger partial charge in [-0.15, -0.1) is 0 Å². The van der Waals surface area contributed by atoms with Gasteiger partial charge in [0.2, 0.25) is 0 Å². The summed E-state index contributed by atoms with van der Waals surface area (Å²) in [5.41, 5.74) is 4.40. The summed E-state index contributed by atoms with van der Waals surface area (Å²) in [6.07, 6.45) is 7.43. The molecule has 0 saturated heterocycles. The van der Waals surface area contributed by atoms with E-state index in [4.69, 9.17) is 4.74 Å². The molecule has 4 rings (SSSR count). The number of aryl methyl sites for hydroxylation is 1. The molecule has 0 N–H and O–H groups in total. The van der Waals surface area contributed by atoms with E-state index in [-0.39, 0.29) is 0 Å². The number of hydrogen-bond donors (Lipinski definition) is 0. The number of hydrogen-bond acceptors (Lipinski definition) is 4. The molecule has 106 valence electrons. The molecule has 5 heteroatoms. The first kappa shape index (κ1) is 12.2. The van der Waals surface area contributed by atoms with Crippen molar-refractivity contribution in [3.05, 3.63) is 54.2 Å². The van der Waals surface area contributed by atoms with Crippen LogP contribution in [0, 0.1) is 6.92 Å². The largest absolute Gasteiger partial charge is 0.490 e. The summed E-state index contributed by atoms with van der Waals surface area (Å²) in [4.78, 5) is 10.8. The fourth-order valence-electron chi connectivity index (χ4n) is 2.76. The second-order valence-electron chi connectivity index (χ2n) is 5.30. The highest BCUT2D eigenvalue weighted by atomic mass is 16.5. The predicted molar refractivity (Wildman–Crippen MR) is 80.7 cm³/mol. The zero-order chi connectivity index (χ0) is 14.2. The summed E-state index contributed by atoms with van der Waals surface area (Å²) in [5, 5.41) is 0. The molecule has 0 bridgehead atoms. The number of fused-ring (bicyclic) bond motifs is 2. The highest BCUT2D eigenvalue weighted by Crippen LogP contribution is 2.33. The molecule has 0 radical (unpaired) electrons.